The van der Waals surface area contributed by atoms with Crippen molar-refractivity contribution < 1.29 is 9.53 Å². The van der Waals surface area contributed by atoms with E-state index in [-0.39, 0.29) is 5.97 Å². The molecule has 0 radical (unpaired) electrons. The minimum absolute atomic E-state index is 0.0923. The Morgan fingerprint density at radius 2 is 2.23 bits per heavy atom. The molecule has 0 aromatic rings. The van der Waals surface area contributed by atoms with Gasteiger partial charge in [0.15, 0.2) is 0 Å². The van der Waals surface area contributed by atoms with Gasteiger partial charge >= 0.3 is 5.97 Å². The van der Waals surface area contributed by atoms with Crippen LogP contribution in [0, 0.1) is 5.92 Å². The molecule has 0 saturated heterocycles. The Labute approximate surface area is 80.0 Å². The zero-order chi connectivity index (χ0) is 9.52. The Kier molecular flexibility index (Phi) is 4.58. The monoisotopic (exact) mass is 182 g/mol. The van der Waals surface area contributed by atoms with E-state index in [1.807, 2.05) is 12.2 Å². The smallest absolute Gasteiger partial charge is 0.309 e. The average molecular weight is 182 g/mol. The molecule has 0 aromatic heterocycles. The van der Waals surface area contributed by atoms with Crippen LogP contribution < -0.4 is 0 Å². The minimum atomic E-state index is -0.0923. The molecule has 0 N–H and O–H groups in total. The summed E-state index contributed by atoms with van der Waals surface area (Å²) in [7, 11) is 0. The largest absolute Gasteiger partial charge is 0.465 e. The van der Waals surface area contributed by atoms with Crippen molar-refractivity contribution in [1.82, 2.24) is 0 Å². The normalized spacial score (nSPS) is 16.4. The topological polar surface area (TPSA) is 26.3 Å². The third-order valence-corrected chi connectivity index (χ3v) is 2.17. The summed E-state index contributed by atoms with van der Waals surface area (Å²) in [6, 6.07) is 0. The molecule has 0 heterocycles. The van der Waals surface area contributed by atoms with Crippen LogP contribution in [0.1, 0.15) is 39.0 Å². The van der Waals surface area contributed by atoms with Gasteiger partial charge in [0, 0.05) is 0 Å². The predicted molar refractivity (Wildman–Crippen MR) is 52.3 cm³/mol. The summed E-state index contributed by atoms with van der Waals surface area (Å²) in [4.78, 5) is 11.0. The summed E-state index contributed by atoms with van der Waals surface area (Å²) >= 11 is 0. The van der Waals surface area contributed by atoms with Gasteiger partial charge in [-0.3, -0.25) is 4.79 Å². The number of ether oxygens (including phenoxy) is 1. The van der Waals surface area contributed by atoms with Crippen LogP contribution in [0.15, 0.2) is 12.2 Å². The highest BCUT2D eigenvalue weighted by molar-refractivity contribution is 5.71. The van der Waals surface area contributed by atoms with Gasteiger partial charge in [0.25, 0.3) is 0 Å². The molecule has 0 aromatic carbocycles. The van der Waals surface area contributed by atoms with Crippen molar-refractivity contribution in [2.45, 2.75) is 39.0 Å². The van der Waals surface area contributed by atoms with Gasteiger partial charge in [0.05, 0.1) is 13.0 Å². The SMILES string of the molecule is CCC=CCC(=O)OCCC1CC1. The van der Waals surface area contributed by atoms with Gasteiger partial charge in [0.2, 0.25) is 0 Å². The van der Waals surface area contributed by atoms with Gasteiger partial charge in [0.1, 0.15) is 0 Å². The molecular formula is C11H18O2. The second-order valence-corrected chi connectivity index (χ2v) is 3.54. The lowest BCUT2D eigenvalue weighted by Gasteiger charge is -2.00. The number of hydrogen-bond donors (Lipinski definition) is 0. The first kappa shape index (κ1) is 10.3. The molecule has 74 valence electrons. The van der Waals surface area contributed by atoms with E-state index in [4.69, 9.17) is 4.74 Å². The maximum Gasteiger partial charge on any atom is 0.309 e. The number of rotatable bonds is 6. The van der Waals surface area contributed by atoms with E-state index in [9.17, 15) is 4.79 Å². The van der Waals surface area contributed by atoms with Crippen molar-refractivity contribution >= 4 is 5.97 Å². The molecule has 0 atom stereocenters. The van der Waals surface area contributed by atoms with E-state index in [1.54, 1.807) is 0 Å². The molecule has 0 spiro atoms. The van der Waals surface area contributed by atoms with Crippen LogP contribution in [0.4, 0.5) is 0 Å². The number of carbonyl (C=O) groups excluding carboxylic acids is 1. The van der Waals surface area contributed by atoms with Crippen molar-refractivity contribution in [3.05, 3.63) is 12.2 Å². The summed E-state index contributed by atoms with van der Waals surface area (Å²) in [6.07, 6.45) is 8.99. The maximum atomic E-state index is 11.0. The average Bonchev–Trinajstić information content (AvgIpc) is 2.89. The first-order chi connectivity index (χ1) is 6.33. The number of hydrogen-bond acceptors (Lipinski definition) is 2. The molecule has 1 fully saturated rings. The molecule has 13 heavy (non-hydrogen) atoms. The Balaban J connectivity index is 1.93. The first-order valence-electron chi connectivity index (χ1n) is 5.13. The molecule has 0 unspecified atom stereocenters. The standard InChI is InChI=1S/C11H18O2/c1-2-3-4-5-11(12)13-9-8-10-6-7-10/h3-4,10H,2,5-9H2,1H3. The molecule has 2 nitrogen and oxygen atoms in total. The highest BCUT2D eigenvalue weighted by Crippen LogP contribution is 2.32. The Morgan fingerprint density at radius 1 is 1.46 bits per heavy atom. The molecule has 0 aliphatic heterocycles. The van der Waals surface area contributed by atoms with E-state index in [2.05, 4.69) is 6.92 Å². The van der Waals surface area contributed by atoms with Crippen LogP contribution in [0.25, 0.3) is 0 Å². The Morgan fingerprint density at radius 3 is 2.85 bits per heavy atom. The van der Waals surface area contributed by atoms with Crippen molar-refractivity contribution in [3.8, 4) is 0 Å². The van der Waals surface area contributed by atoms with E-state index >= 15 is 0 Å². The van der Waals surface area contributed by atoms with Crippen molar-refractivity contribution in [1.29, 1.82) is 0 Å². The van der Waals surface area contributed by atoms with Gasteiger partial charge in [-0.1, -0.05) is 31.9 Å². The Bertz CT molecular complexity index is 181. The van der Waals surface area contributed by atoms with Gasteiger partial charge in [-0.25, -0.2) is 0 Å². The van der Waals surface area contributed by atoms with E-state index in [0.29, 0.717) is 13.0 Å². The molecule has 1 aliphatic carbocycles. The summed E-state index contributed by atoms with van der Waals surface area (Å²) in [6.45, 7) is 2.67. The first-order valence-corrected chi connectivity index (χ1v) is 5.13. The second kappa shape index (κ2) is 5.79. The van der Waals surface area contributed by atoms with Crippen LogP contribution >= 0.6 is 0 Å². The summed E-state index contributed by atoms with van der Waals surface area (Å²) < 4.78 is 5.05. The highest BCUT2D eigenvalue weighted by Gasteiger charge is 2.20. The fraction of sp³-hybridized carbons (Fsp3) is 0.727. The van der Waals surface area contributed by atoms with Gasteiger partial charge in [-0.05, 0) is 18.8 Å². The van der Waals surface area contributed by atoms with Crippen LogP contribution in [-0.4, -0.2) is 12.6 Å². The van der Waals surface area contributed by atoms with Crippen molar-refractivity contribution in [3.63, 3.8) is 0 Å². The third-order valence-electron chi connectivity index (χ3n) is 2.17. The second-order valence-electron chi connectivity index (χ2n) is 3.54. The number of carbonyl (C=O) groups is 1. The summed E-state index contributed by atoms with van der Waals surface area (Å²) in [5, 5.41) is 0. The summed E-state index contributed by atoms with van der Waals surface area (Å²) in [5.41, 5.74) is 0. The lowest BCUT2D eigenvalue weighted by Crippen LogP contribution is -2.04. The van der Waals surface area contributed by atoms with Gasteiger partial charge in [-0.15, -0.1) is 0 Å². The fourth-order valence-corrected chi connectivity index (χ4v) is 1.15. The zero-order valence-electron chi connectivity index (χ0n) is 8.29. The molecule has 1 aliphatic rings. The van der Waals surface area contributed by atoms with E-state index < -0.39 is 0 Å². The van der Waals surface area contributed by atoms with Crippen LogP contribution in [0.5, 0.6) is 0 Å². The van der Waals surface area contributed by atoms with Crippen LogP contribution in [0.2, 0.25) is 0 Å². The van der Waals surface area contributed by atoms with Gasteiger partial charge in [-0.2, -0.15) is 0 Å². The number of allylic oxidation sites excluding steroid dienone is 1. The lowest BCUT2D eigenvalue weighted by atomic mass is 10.3. The van der Waals surface area contributed by atoms with E-state index in [0.717, 1.165) is 18.8 Å². The Hall–Kier alpha value is -0.790. The molecule has 2 heteroatoms. The van der Waals surface area contributed by atoms with Crippen LogP contribution in [-0.2, 0) is 9.53 Å². The maximum absolute atomic E-state index is 11.0. The number of esters is 1. The molecule has 0 bridgehead atoms. The van der Waals surface area contributed by atoms with Crippen molar-refractivity contribution in [2.75, 3.05) is 6.61 Å². The van der Waals surface area contributed by atoms with Crippen molar-refractivity contribution in [2.24, 2.45) is 5.92 Å². The molecule has 1 saturated carbocycles. The quantitative estimate of drug-likeness (QED) is 0.466. The lowest BCUT2D eigenvalue weighted by molar-refractivity contribution is -0.142. The zero-order valence-corrected chi connectivity index (χ0v) is 8.29. The van der Waals surface area contributed by atoms with Gasteiger partial charge < -0.3 is 4.74 Å². The molecule has 0 amide bonds. The predicted octanol–water partition coefficient (Wildman–Crippen LogP) is 2.69. The summed E-state index contributed by atoms with van der Waals surface area (Å²) in [5.74, 6) is 0.754. The van der Waals surface area contributed by atoms with E-state index in [1.165, 1.54) is 12.8 Å². The molecular weight excluding hydrogens is 164 g/mol. The molecule has 1 rings (SSSR count). The fourth-order valence-electron chi connectivity index (χ4n) is 1.15. The minimum Gasteiger partial charge on any atom is -0.465 e. The highest BCUT2D eigenvalue weighted by atomic mass is 16.5. The third kappa shape index (κ3) is 5.45. The van der Waals surface area contributed by atoms with Crippen LogP contribution in [0.3, 0.4) is 0 Å².